The Morgan fingerprint density at radius 3 is 2.39 bits per heavy atom. The number of carbonyl (C=O) groups excluding carboxylic acids is 1. The highest BCUT2D eigenvalue weighted by Crippen LogP contribution is 2.37. The maximum absolute atomic E-state index is 12.4. The van der Waals surface area contributed by atoms with E-state index < -0.39 is 11.9 Å². The number of nitrogens with zero attached hydrogens (tertiary/aromatic N) is 4. The number of nitrogens with two attached hydrogens (primary N) is 1. The minimum Gasteiger partial charge on any atom is -0.497 e. The smallest absolute Gasteiger partial charge is 0.303 e. The SMILES string of the molecule is COc1cccc(CN(CCCc2cc3c(c(-c4cnc(-c5cc(CCC(=O)O)cnc5C(N)=O)c(C)c4C)n2)CCC3)Cc2ccccc2)c1. The van der Waals surface area contributed by atoms with Crippen molar-refractivity contribution in [3.8, 4) is 28.3 Å². The summed E-state index contributed by atoms with van der Waals surface area (Å²) in [5.74, 6) is -0.690. The molecule has 2 aromatic carbocycles. The van der Waals surface area contributed by atoms with Crippen molar-refractivity contribution >= 4 is 11.9 Å². The number of ether oxygens (including phenoxy) is 1. The molecule has 1 aliphatic carbocycles. The van der Waals surface area contributed by atoms with Crippen molar-refractivity contribution in [2.75, 3.05) is 13.7 Å². The van der Waals surface area contributed by atoms with E-state index in [4.69, 9.17) is 20.4 Å². The molecule has 0 bridgehead atoms. The second-order valence-corrected chi connectivity index (χ2v) is 13.4. The van der Waals surface area contributed by atoms with Crippen molar-refractivity contribution in [3.05, 3.63) is 129 Å². The molecule has 0 fully saturated rings. The van der Waals surface area contributed by atoms with Crippen LogP contribution in [0, 0.1) is 13.8 Å². The van der Waals surface area contributed by atoms with Gasteiger partial charge in [-0.3, -0.25) is 29.4 Å². The number of hydrogen-bond donors (Lipinski definition) is 2. The second-order valence-electron chi connectivity index (χ2n) is 13.4. The first-order valence-corrected chi connectivity index (χ1v) is 17.6. The van der Waals surface area contributed by atoms with Gasteiger partial charge < -0.3 is 15.6 Å². The summed E-state index contributed by atoms with van der Waals surface area (Å²) in [6.45, 7) is 6.64. The molecule has 0 saturated carbocycles. The van der Waals surface area contributed by atoms with Gasteiger partial charge in [-0.2, -0.15) is 0 Å². The number of aromatic nitrogens is 3. The Bertz CT molecular complexity index is 2050. The summed E-state index contributed by atoms with van der Waals surface area (Å²) in [7, 11) is 1.70. The predicted octanol–water partition coefficient (Wildman–Crippen LogP) is 7.07. The van der Waals surface area contributed by atoms with Crippen LogP contribution in [-0.2, 0) is 43.6 Å². The largest absolute Gasteiger partial charge is 0.497 e. The summed E-state index contributed by atoms with van der Waals surface area (Å²) < 4.78 is 5.49. The predicted molar refractivity (Wildman–Crippen MR) is 199 cm³/mol. The molecule has 5 aromatic rings. The fraction of sp³-hybridized carbons (Fsp3) is 0.310. The van der Waals surface area contributed by atoms with Crippen molar-refractivity contribution in [1.29, 1.82) is 0 Å². The minimum absolute atomic E-state index is 0.0398. The van der Waals surface area contributed by atoms with Gasteiger partial charge in [0.25, 0.3) is 5.91 Å². The van der Waals surface area contributed by atoms with Gasteiger partial charge in [0.1, 0.15) is 11.4 Å². The molecule has 1 aliphatic rings. The van der Waals surface area contributed by atoms with E-state index in [2.05, 4.69) is 65.3 Å². The molecular formula is C42H45N5O4. The van der Waals surface area contributed by atoms with E-state index >= 15 is 0 Å². The number of carboxylic acids is 1. The molecule has 0 spiro atoms. The van der Waals surface area contributed by atoms with Gasteiger partial charge in [-0.15, -0.1) is 0 Å². The van der Waals surface area contributed by atoms with E-state index in [0.29, 0.717) is 23.2 Å². The third-order valence-corrected chi connectivity index (χ3v) is 9.80. The van der Waals surface area contributed by atoms with Crippen molar-refractivity contribution in [3.63, 3.8) is 0 Å². The van der Waals surface area contributed by atoms with Crippen LogP contribution >= 0.6 is 0 Å². The Kier molecular flexibility index (Phi) is 11.2. The van der Waals surface area contributed by atoms with Gasteiger partial charge >= 0.3 is 5.97 Å². The van der Waals surface area contributed by atoms with E-state index in [1.165, 1.54) is 28.5 Å². The fourth-order valence-electron chi connectivity index (χ4n) is 7.05. The Morgan fingerprint density at radius 1 is 0.843 bits per heavy atom. The number of primary amides is 1. The van der Waals surface area contributed by atoms with Crippen LogP contribution in [0.1, 0.15) is 74.4 Å². The van der Waals surface area contributed by atoms with Crippen molar-refractivity contribution in [2.45, 2.75) is 71.9 Å². The topological polar surface area (TPSA) is 132 Å². The van der Waals surface area contributed by atoms with Gasteiger partial charge in [-0.25, -0.2) is 0 Å². The Labute approximate surface area is 299 Å². The van der Waals surface area contributed by atoms with Gasteiger partial charge in [0.15, 0.2) is 0 Å². The highest BCUT2D eigenvalue weighted by atomic mass is 16.5. The van der Waals surface area contributed by atoms with Gasteiger partial charge in [0.05, 0.1) is 18.5 Å². The first kappa shape index (κ1) is 35.4. The zero-order valence-corrected chi connectivity index (χ0v) is 29.6. The molecule has 0 atom stereocenters. The lowest BCUT2D eigenvalue weighted by Gasteiger charge is -2.23. The Morgan fingerprint density at radius 2 is 1.63 bits per heavy atom. The third kappa shape index (κ3) is 8.49. The standard InChI is InChI=1S/C42H45N5O4/c1-27-28(2)39(36-21-30(17-18-38(48)49)23-44-41(36)42(43)50)45-24-37(27)40-35-16-8-13-32(35)22-33(46-40)14-9-19-47(25-29-10-5-4-6-11-29)26-31-12-7-15-34(20-31)51-3/h4-7,10-12,15,20-24H,8-9,13-14,16-19,25-26H2,1-3H3,(H2,43,50)(H,48,49). The average Bonchev–Trinajstić information content (AvgIpc) is 3.61. The van der Waals surface area contributed by atoms with Crippen LogP contribution in [0.5, 0.6) is 5.75 Å². The molecule has 9 nitrogen and oxygen atoms in total. The highest BCUT2D eigenvalue weighted by Gasteiger charge is 2.23. The van der Waals surface area contributed by atoms with E-state index in [0.717, 1.165) is 85.6 Å². The molecule has 262 valence electrons. The summed E-state index contributed by atoms with van der Waals surface area (Å²) in [5.41, 5.74) is 17.8. The van der Waals surface area contributed by atoms with Crippen LogP contribution in [-0.4, -0.2) is 50.5 Å². The summed E-state index contributed by atoms with van der Waals surface area (Å²) >= 11 is 0. The summed E-state index contributed by atoms with van der Waals surface area (Å²) in [6.07, 6.45) is 8.54. The molecule has 3 N–H and O–H groups in total. The third-order valence-electron chi connectivity index (χ3n) is 9.80. The first-order valence-electron chi connectivity index (χ1n) is 17.6. The van der Waals surface area contributed by atoms with Gasteiger partial charge in [-0.05, 0) is 122 Å². The Hall–Kier alpha value is -5.41. The number of carbonyl (C=O) groups is 2. The summed E-state index contributed by atoms with van der Waals surface area (Å²) in [6, 6.07) is 23.0. The lowest BCUT2D eigenvalue weighted by molar-refractivity contribution is -0.136. The lowest BCUT2D eigenvalue weighted by atomic mass is 9.93. The van der Waals surface area contributed by atoms with Crippen molar-refractivity contribution < 1.29 is 19.4 Å². The van der Waals surface area contributed by atoms with Gasteiger partial charge in [0.2, 0.25) is 0 Å². The molecule has 6 rings (SSSR count). The van der Waals surface area contributed by atoms with Crippen LogP contribution in [0.4, 0.5) is 0 Å². The Balaban J connectivity index is 1.26. The number of carboxylic acid groups (broad SMARTS) is 1. The highest BCUT2D eigenvalue weighted by molar-refractivity contribution is 5.98. The number of hydrogen-bond acceptors (Lipinski definition) is 7. The zero-order valence-electron chi connectivity index (χ0n) is 29.6. The zero-order chi connectivity index (χ0) is 35.9. The van der Waals surface area contributed by atoms with Crippen molar-refractivity contribution in [2.24, 2.45) is 5.73 Å². The average molecular weight is 684 g/mol. The quantitative estimate of drug-likeness (QED) is 0.120. The van der Waals surface area contributed by atoms with Crippen LogP contribution in [0.15, 0.2) is 79.1 Å². The van der Waals surface area contributed by atoms with Crippen molar-refractivity contribution in [1.82, 2.24) is 19.9 Å². The van der Waals surface area contributed by atoms with E-state index in [-0.39, 0.29) is 12.1 Å². The first-order chi connectivity index (χ1) is 24.7. The van der Waals surface area contributed by atoms with Crippen LogP contribution in [0.3, 0.4) is 0 Å². The number of amides is 1. The molecule has 9 heteroatoms. The summed E-state index contributed by atoms with van der Waals surface area (Å²) in [4.78, 5) is 40.5. The van der Waals surface area contributed by atoms with E-state index in [1.54, 1.807) is 13.2 Å². The molecular weight excluding hydrogens is 638 g/mol. The van der Waals surface area contributed by atoms with Gasteiger partial charge in [-0.1, -0.05) is 42.5 Å². The maximum Gasteiger partial charge on any atom is 0.303 e. The maximum atomic E-state index is 12.4. The second kappa shape index (κ2) is 16.1. The molecule has 0 radical (unpaired) electrons. The number of pyridine rings is 3. The monoisotopic (exact) mass is 683 g/mol. The lowest BCUT2D eigenvalue weighted by Crippen LogP contribution is -2.24. The van der Waals surface area contributed by atoms with E-state index in [9.17, 15) is 14.7 Å². The molecule has 0 saturated heterocycles. The number of aryl methyl sites for hydroxylation is 3. The van der Waals surface area contributed by atoms with Crippen LogP contribution in [0.2, 0.25) is 0 Å². The minimum atomic E-state index is -0.898. The molecule has 0 aliphatic heterocycles. The number of methoxy groups -OCH3 is 1. The molecule has 3 aromatic heterocycles. The normalized spacial score (nSPS) is 12.2. The summed E-state index contributed by atoms with van der Waals surface area (Å²) in [5, 5.41) is 9.19. The van der Waals surface area contributed by atoms with Crippen LogP contribution in [0.25, 0.3) is 22.5 Å². The molecule has 1 amide bonds. The number of fused-ring (bicyclic) bond motifs is 1. The molecule has 0 unspecified atom stereocenters. The van der Waals surface area contributed by atoms with Gasteiger partial charge in [0, 0.05) is 48.7 Å². The number of rotatable bonds is 15. The van der Waals surface area contributed by atoms with E-state index in [1.807, 2.05) is 25.3 Å². The molecule has 51 heavy (non-hydrogen) atoms. The van der Waals surface area contributed by atoms with Crippen LogP contribution < -0.4 is 10.5 Å². The number of benzene rings is 2. The fourth-order valence-corrected chi connectivity index (χ4v) is 7.05. The number of aliphatic carboxylic acids is 1. The molecule has 3 heterocycles.